The van der Waals surface area contributed by atoms with Gasteiger partial charge in [0.05, 0.1) is 17.8 Å². The maximum Gasteiger partial charge on any atom is 0.492 e. The van der Waals surface area contributed by atoms with E-state index in [1.165, 1.54) is 0 Å². The number of hydrogen-bond acceptors (Lipinski definition) is 4. The van der Waals surface area contributed by atoms with Crippen LogP contribution in [0.15, 0.2) is 29.7 Å². The number of rotatable bonds is 4. The van der Waals surface area contributed by atoms with E-state index in [4.69, 9.17) is 15.0 Å². The van der Waals surface area contributed by atoms with Gasteiger partial charge in [0.25, 0.3) is 0 Å². The van der Waals surface area contributed by atoms with Crippen molar-refractivity contribution in [3.05, 3.63) is 40.9 Å². The van der Waals surface area contributed by atoms with Gasteiger partial charge in [-0.25, -0.2) is 0 Å². The van der Waals surface area contributed by atoms with E-state index in [0.717, 1.165) is 11.1 Å². The Balaban J connectivity index is 2.31. The monoisotopic (exact) mass is 289 g/mol. The second kappa shape index (κ2) is 5.93. The second-order valence-electron chi connectivity index (χ2n) is 6.37. The zero-order valence-corrected chi connectivity index (χ0v) is 13.2. The van der Waals surface area contributed by atoms with Crippen LogP contribution in [-0.4, -0.2) is 30.0 Å². The van der Waals surface area contributed by atoms with Crippen LogP contribution in [0.4, 0.5) is 0 Å². The molecule has 4 nitrogen and oxygen atoms in total. The smallest absolute Gasteiger partial charge is 0.400 e. The Bertz CT molecular complexity index is 524. The summed E-state index contributed by atoms with van der Waals surface area (Å²) in [7, 11) is -0.536. The van der Waals surface area contributed by atoms with Crippen molar-refractivity contribution in [2.24, 2.45) is 5.73 Å². The highest BCUT2D eigenvalue weighted by atomic mass is 16.7. The summed E-state index contributed by atoms with van der Waals surface area (Å²) >= 11 is 0. The second-order valence-corrected chi connectivity index (χ2v) is 6.37. The third kappa shape index (κ3) is 3.21. The van der Waals surface area contributed by atoms with E-state index in [1.807, 2.05) is 58.0 Å². The largest absolute Gasteiger partial charge is 0.492 e. The van der Waals surface area contributed by atoms with Crippen molar-refractivity contribution < 1.29 is 14.4 Å². The molecule has 1 fully saturated rings. The van der Waals surface area contributed by atoms with Crippen LogP contribution in [0.3, 0.4) is 0 Å². The predicted octanol–water partition coefficient (Wildman–Crippen LogP) is 2.15. The summed E-state index contributed by atoms with van der Waals surface area (Å²) in [5.41, 5.74) is 7.63. The average molecular weight is 289 g/mol. The minimum Gasteiger partial charge on any atom is -0.400 e. The molecule has 114 valence electrons. The standard InChI is InChI=1S/C16H24BNO3/c1-15(2)16(3,4)21-17(20-15)14(11-19)9-12-7-5-6-8-13(12)10-18/h5-9,19H,10-11,18H2,1-4H3. The molecule has 1 heterocycles. The molecule has 3 N–H and O–H groups in total. The highest BCUT2D eigenvalue weighted by Crippen LogP contribution is 2.38. The van der Waals surface area contributed by atoms with Gasteiger partial charge >= 0.3 is 7.12 Å². The Hall–Kier alpha value is -1.14. The van der Waals surface area contributed by atoms with Gasteiger partial charge in [-0.2, -0.15) is 0 Å². The molecule has 0 saturated carbocycles. The summed E-state index contributed by atoms with van der Waals surface area (Å²) in [6.07, 6.45) is 1.91. The molecule has 1 saturated heterocycles. The maximum atomic E-state index is 9.69. The molecule has 1 aliphatic heterocycles. The number of benzene rings is 1. The minimum atomic E-state index is -0.536. The summed E-state index contributed by atoms with van der Waals surface area (Å²) in [5.74, 6) is 0. The zero-order chi connectivity index (χ0) is 15.7. The Morgan fingerprint density at radius 1 is 1.19 bits per heavy atom. The number of aliphatic hydroxyl groups is 1. The number of hydrogen-bond donors (Lipinski definition) is 2. The third-order valence-electron chi connectivity index (χ3n) is 4.35. The quantitative estimate of drug-likeness (QED) is 0.834. The normalized spacial score (nSPS) is 20.9. The summed E-state index contributed by atoms with van der Waals surface area (Å²) in [4.78, 5) is 0. The molecule has 0 bridgehead atoms. The van der Waals surface area contributed by atoms with Crippen molar-refractivity contribution >= 4 is 13.2 Å². The first-order chi connectivity index (χ1) is 9.80. The van der Waals surface area contributed by atoms with Crippen molar-refractivity contribution in [3.63, 3.8) is 0 Å². The van der Waals surface area contributed by atoms with Crippen LogP contribution in [0.1, 0.15) is 38.8 Å². The first-order valence-electron chi connectivity index (χ1n) is 7.25. The molecule has 0 spiro atoms. The lowest BCUT2D eigenvalue weighted by atomic mass is 9.77. The van der Waals surface area contributed by atoms with Gasteiger partial charge in [0.15, 0.2) is 0 Å². The summed E-state index contributed by atoms with van der Waals surface area (Å²) in [6, 6.07) is 7.85. The molecule has 0 radical (unpaired) electrons. The zero-order valence-electron chi connectivity index (χ0n) is 13.2. The van der Waals surface area contributed by atoms with Gasteiger partial charge in [-0.15, -0.1) is 0 Å². The molecule has 0 atom stereocenters. The third-order valence-corrected chi connectivity index (χ3v) is 4.35. The molecular formula is C16H24BNO3. The van der Waals surface area contributed by atoms with Crippen LogP contribution in [0.2, 0.25) is 0 Å². The molecule has 1 aliphatic rings. The van der Waals surface area contributed by atoms with E-state index in [2.05, 4.69) is 0 Å². The van der Waals surface area contributed by atoms with Gasteiger partial charge in [0, 0.05) is 6.54 Å². The van der Waals surface area contributed by atoms with Crippen molar-refractivity contribution in [2.45, 2.75) is 45.4 Å². The topological polar surface area (TPSA) is 64.7 Å². The van der Waals surface area contributed by atoms with Gasteiger partial charge in [-0.1, -0.05) is 30.3 Å². The average Bonchev–Trinajstić information content (AvgIpc) is 2.65. The van der Waals surface area contributed by atoms with Gasteiger partial charge in [-0.05, 0) is 44.3 Å². The molecule has 5 heteroatoms. The van der Waals surface area contributed by atoms with Gasteiger partial charge < -0.3 is 20.1 Å². The van der Waals surface area contributed by atoms with Gasteiger partial charge in [-0.3, -0.25) is 0 Å². The predicted molar refractivity (Wildman–Crippen MR) is 85.5 cm³/mol. The molecule has 0 aromatic heterocycles. The van der Waals surface area contributed by atoms with Crippen LogP contribution in [0, 0.1) is 0 Å². The Morgan fingerprint density at radius 2 is 1.76 bits per heavy atom. The summed E-state index contributed by atoms with van der Waals surface area (Å²) < 4.78 is 12.0. The first-order valence-corrected chi connectivity index (χ1v) is 7.25. The lowest BCUT2D eigenvalue weighted by Crippen LogP contribution is -2.41. The summed E-state index contributed by atoms with van der Waals surface area (Å²) in [5, 5.41) is 9.69. The van der Waals surface area contributed by atoms with Gasteiger partial charge in [0.1, 0.15) is 0 Å². The lowest BCUT2D eigenvalue weighted by Gasteiger charge is -2.32. The maximum absolute atomic E-state index is 9.69. The Labute approximate surface area is 127 Å². The Kier molecular flexibility index (Phi) is 4.59. The fourth-order valence-corrected chi connectivity index (χ4v) is 2.24. The van der Waals surface area contributed by atoms with E-state index >= 15 is 0 Å². The van der Waals surface area contributed by atoms with Gasteiger partial charge in [0.2, 0.25) is 0 Å². The van der Waals surface area contributed by atoms with Crippen LogP contribution in [-0.2, 0) is 15.9 Å². The van der Waals surface area contributed by atoms with Crippen molar-refractivity contribution in [1.29, 1.82) is 0 Å². The number of aliphatic hydroxyl groups excluding tert-OH is 1. The SMILES string of the molecule is CC1(C)OB(C(=Cc2ccccc2CN)CO)OC1(C)C. The highest BCUT2D eigenvalue weighted by Gasteiger charge is 2.52. The van der Waals surface area contributed by atoms with E-state index in [1.54, 1.807) is 0 Å². The van der Waals surface area contributed by atoms with E-state index in [-0.39, 0.29) is 6.61 Å². The molecule has 0 amide bonds. The lowest BCUT2D eigenvalue weighted by molar-refractivity contribution is 0.00578. The number of nitrogens with two attached hydrogens (primary N) is 1. The van der Waals surface area contributed by atoms with E-state index in [9.17, 15) is 5.11 Å². The first kappa shape index (κ1) is 16.2. The fraction of sp³-hybridized carbons (Fsp3) is 0.500. The molecular weight excluding hydrogens is 265 g/mol. The molecule has 2 rings (SSSR count). The van der Waals surface area contributed by atoms with Crippen LogP contribution >= 0.6 is 0 Å². The Morgan fingerprint density at radius 3 is 2.29 bits per heavy atom. The minimum absolute atomic E-state index is 0.115. The van der Waals surface area contributed by atoms with Crippen LogP contribution in [0.5, 0.6) is 0 Å². The van der Waals surface area contributed by atoms with E-state index < -0.39 is 18.3 Å². The molecule has 1 aromatic carbocycles. The van der Waals surface area contributed by atoms with Crippen molar-refractivity contribution in [3.8, 4) is 0 Å². The molecule has 0 unspecified atom stereocenters. The van der Waals surface area contributed by atoms with Crippen molar-refractivity contribution in [2.75, 3.05) is 6.61 Å². The van der Waals surface area contributed by atoms with Crippen LogP contribution < -0.4 is 5.73 Å². The van der Waals surface area contributed by atoms with E-state index in [0.29, 0.717) is 12.0 Å². The van der Waals surface area contributed by atoms with Crippen LogP contribution in [0.25, 0.3) is 6.08 Å². The molecule has 1 aromatic rings. The van der Waals surface area contributed by atoms with Crippen molar-refractivity contribution in [1.82, 2.24) is 0 Å². The molecule has 0 aliphatic carbocycles. The molecule has 21 heavy (non-hydrogen) atoms. The summed E-state index contributed by atoms with van der Waals surface area (Å²) in [6.45, 7) is 8.32. The highest BCUT2D eigenvalue weighted by molar-refractivity contribution is 6.55. The fourth-order valence-electron chi connectivity index (χ4n) is 2.24.